The van der Waals surface area contributed by atoms with Crippen LogP contribution in [0.5, 0.6) is 0 Å². The van der Waals surface area contributed by atoms with E-state index in [0.29, 0.717) is 5.56 Å². The number of carbonyl (C=O) groups excluding carboxylic acids is 1. The van der Waals surface area contributed by atoms with Crippen LogP contribution < -0.4 is 5.32 Å². The van der Waals surface area contributed by atoms with E-state index in [1.807, 2.05) is 5.32 Å². The molecule has 1 aromatic rings. The number of halogens is 3. The summed E-state index contributed by atoms with van der Waals surface area (Å²) in [4.78, 5) is 11.7. The fourth-order valence-electron chi connectivity index (χ4n) is 1.39. The van der Waals surface area contributed by atoms with Crippen molar-refractivity contribution in [2.24, 2.45) is 0 Å². The maximum absolute atomic E-state index is 12.0. The third-order valence-electron chi connectivity index (χ3n) is 2.51. The molecule has 0 fully saturated rings. The summed E-state index contributed by atoms with van der Waals surface area (Å²) in [5.74, 6) is -0.638. The smallest absolute Gasteiger partial charge is 0.346 e. The largest absolute Gasteiger partial charge is 0.405 e. The molecular weight excluding hydrogens is 231 g/mol. The van der Waals surface area contributed by atoms with E-state index in [2.05, 4.69) is 0 Å². The van der Waals surface area contributed by atoms with Crippen molar-refractivity contribution in [2.75, 3.05) is 6.54 Å². The molecule has 17 heavy (non-hydrogen) atoms. The quantitative estimate of drug-likeness (QED) is 0.871. The van der Waals surface area contributed by atoms with E-state index in [1.165, 1.54) is 0 Å². The van der Waals surface area contributed by atoms with Gasteiger partial charge in [-0.25, -0.2) is 0 Å². The van der Waals surface area contributed by atoms with Crippen molar-refractivity contribution in [3.63, 3.8) is 0 Å². The molecular formula is C12H14F3NO. The molecule has 0 spiro atoms. The molecule has 1 rings (SSSR count). The monoisotopic (exact) mass is 245 g/mol. The van der Waals surface area contributed by atoms with E-state index in [0.717, 1.165) is 0 Å². The highest BCUT2D eigenvalue weighted by Crippen LogP contribution is 2.23. The molecule has 0 saturated heterocycles. The zero-order chi connectivity index (χ0) is 13.1. The maximum Gasteiger partial charge on any atom is 0.405 e. The summed E-state index contributed by atoms with van der Waals surface area (Å²) < 4.78 is 36.0. The second-order valence-corrected chi connectivity index (χ2v) is 4.29. The first-order valence-corrected chi connectivity index (χ1v) is 5.14. The summed E-state index contributed by atoms with van der Waals surface area (Å²) in [6, 6.07) is 8.70. The van der Waals surface area contributed by atoms with Gasteiger partial charge >= 0.3 is 6.18 Å². The minimum atomic E-state index is -4.39. The second kappa shape index (κ2) is 4.77. The molecule has 0 atom stereocenters. The van der Waals surface area contributed by atoms with E-state index >= 15 is 0 Å². The Kier molecular flexibility index (Phi) is 3.80. The topological polar surface area (TPSA) is 29.1 Å². The number of carbonyl (C=O) groups is 1. The van der Waals surface area contributed by atoms with Gasteiger partial charge in [-0.1, -0.05) is 30.3 Å². The van der Waals surface area contributed by atoms with Gasteiger partial charge in [0.05, 0.1) is 5.41 Å². The molecule has 0 heterocycles. The molecule has 0 bridgehead atoms. The summed E-state index contributed by atoms with van der Waals surface area (Å²) in [7, 11) is 0. The molecule has 94 valence electrons. The number of nitrogens with one attached hydrogen (secondary N) is 1. The Balaban J connectivity index is 2.74. The van der Waals surface area contributed by atoms with Gasteiger partial charge in [-0.2, -0.15) is 13.2 Å². The van der Waals surface area contributed by atoms with E-state index in [1.54, 1.807) is 44.2 Å². The summed E-state index contributed by atoms with van der Waals surface area (Å²) in [6.07, 6.45) is -4.39. The summed E-state index contributed by atoms with van der Waals surface area (Å²) >= 11 is 0. The molecule has 2 nitrogen and oxygen atoms in total. The van der Waals surface area contributed by atoms with Crippen molar-refractivity contribution < 1.29 is 18.0 Å². The lowest BCUT2D eigenvalue weighted by molar-refractivity contribution is -0.141. The number of benzene rings is 1. The van der Waals surface area contributed by atoms with Crippen LogP contribution in [0.25, 0.3) is 0 Å². The number of rotatable bonds is 3. The average Bonchev–Trinajstić information content (AvgIpc) is 2.26. The molecule has 0 saturated carbocycles. The van der Waals surface area contributed by atoms with Crippen LogP contribution in [0.15, 0.2) is 30.3 Å². The van der Waals surface area contributed by atoms with Crippen LogP contribution in [0.3, 0.4) is 0 Å². The SMILES string of the molecule is CC(C)(C(=O)NCC(F)(F)F)c1ccccc1. The van der Waals surface area contributed by atoms with Crippen LogP contribution in [-0.2, 0) is 10.2 Å². The lowest BCUT2D eigenvalue weighted by Gasteiger charge is -2.24. The van der Waals surface area contributed by atoms with Gasteiger partial charge in [-0.15, -0.1) is 0 Å². The molecule has 0 radical (unpaired) electrons. The van der Waals surface area contributed by atoms with Crippen molar-refractivity contribution in [3.05, 3.63) is 35.9 Å². The zero-order valence-corrected chi connectivity index (χ0v) is 9.64. The van der Waals surface area contributed by atoms with Gasteiger partial charge in [0.1, 0.15) is 6.54 Å². The van der Waals surface area contributed by atoms with E-state index < -0.39 is 24.0 Å². The van der Waals surface area contributed by atoms with Crippen molar-refractivity contribution in [1.82, 2.24) is 5.32 Å². The molecule has 1 N–H and O–H groups in total. The van der Waals surface area contributed by atoms with Gasteiger partial charge in [-0.3, -0.25) is 4.79 Å². The van der Waals surface area contributed by atoms with Crippen molar-refractivity contribution >= 4 is 5.91 Å². The molecule has 0 aliphatic heterocycles. The van der Waals surface area contributed by atoms with Crippen LogP contribution >= 0.6 is 0 Å². The Labute approximate surface area is 97.8 Å². The Bertz CT molecular complexity index is 384. The lowest BCUT2D eigenvalue weighted by Crippen LogP contribution is -2.43. The van der Waals surface area contributed by atoms with Gasteiger partial charge < -0.3 is 5.32 Å². The fourth-order valence-corrected chi connectivity index (χ4v) is 1.39. The predicted octanol–water partition coefficient (Wildman–Crippen LogP) is 2.64. The second-order valence-electron chi connectivity index (χ2n) is 4.29. The number of hydrogen-bond acceptors (Lipinski definition) is 1. The van der Waals surface area contributed by atoms with Crippen LogP contribution in [0.2, 0.25) is 0 Å². The van der Waals surface area contributed by atoms with Crippen molar-refractivity contribution in [1.29, 1.82) is 0 Å². The predicted molar refractivity (Wildman–Crippen MR) is 58.5 cm³/mol. The van der Waals surface area contributed by atoms with E-state index in [4.69, 9.17) is 0 Å². The Morgan fingerprint density at radius 3 is 2.18 bits per heavy atom. The van der Waals surface area contributed by atoms with Gasteiger partial charge in [-0.05, 0) is 19.4 Å². The van der Waals surface area contributed by atoms with Crippen LogP contribution in [0, 0.1) is 0 Å². The Morgan fingerprint density at radius 2 is 1.71 bits per heavy atom. The van der Waals surface area contributed by atoms with Gasteiger partial charge in [0.2, 0.25) is 5.91 Å². The summed E-state index contributed by atoms with van der Waals surface area (Å²) in [6.45, 7) is 1.88. The fraction of sp³-hybridized carbons (Fsp3) is 0.417. The number of amides is 1. The highest BCUT2D eigenvalue weighted by molar-refractivity contribution is 5.87. The molecule has 1 aromatic carbocycles. The van der Waals surface area contributed by atoms with E-state index in [-0.39, 0.29) is 0 Å². The molecule has 0 aliphatic rings. The standard InChI is InChI=1S/C12H14F3NO/c1-11(2,9-6-4-3-5-7-9)10(17)16-8-12(13,14)15/h3-7H,8H2,1-2H3,(H,16,17). The molecule has 1 amide bonds. The first-order chi connectivity index (χ1) is 7.73. The Hall–Kier alpha value is -1.52. The molecule has 0 aliphatic carbocycles. The van der Waals surface area contributed by atoms with Crippen LogP contribution in [-0.4, -0.2) is 18.6 Å². The van der Waals surface area contributed by atoms with Crippen molar-refractivity contribution in [3.8, 4) is 0 Å². The minimum absolute atomic E-state index is 0.638. The third kappa shape index (κ3) is 3.76. The molecule has 0 unspecified atom stereocenters. The summed E-state index contributed by atoms with van der Waals surface area (Å²) in [5, 5.41) is 1.90. The first-order valence-electron chi connectivity index (χ1n) is 5.14. The van der Waals surface area contributed by atoms with Gasteiger partial charge in [0, 0.05) is 0 Å². The van der Waals surface area contributed by atoms with E-state index in [9.17, 15) is 18.0 Å². The summed E-state index contributed by atoms with van der Waals surface area (Å²) in [5.41, 5.74) is -0.299. The highest BCUT2D eigenvalue weighted by Gasteiger charge is 2.33. The minimum Gasteiger partial charge on any atom is -0.346 e. The Morgan fingerprint density at radius 1 is 1.18 bits per heavy atom. The van der Waals surface area contributed by atoms with Crippen molar-refractivity contribution in [2.45, 2.75) is 25.4 Å². The van der Waals surface area contributed by atoms with Crippen LogP contribution in [0.1, 0.15) is 19.4 Å². The third-order valence-corrected chi connectivity index (χ3v) is 2.51. The zero-order valence-electron chi connectivity index (χ0n) is 9.64. The average molecular weight is 245 g/mol. The van der Waals surface area contributed by atoms with Gasteiger partial charge in [0.25, 0.3) is 0 Å². The highest BCUT2D eigenvalue weighted by atomic mass is 19.4. The first kappa shape index (κ1) is 13.5. The maximum atomic E-state index is 12.0. The van der Waals surface area contributed by atoms with Crippen LogP contribution in [0.4, 0.5) is 13.2 Å². The molecule has 0 aromatic heterocycles. The van der Waals surface area contributed by atoms with Gasteiger partial charge in [0.15, 0.2) is 0 Å². The molecule has 5 heteroatoms. The lowest BCUT2D eigenvalue weighted by atomic mass is 9.84. The number of hydrogen-bond donors (Lipinski definition) is 1. The number of alkyl halides is 3. The normalized spacial score (nSPS) is 12.3.